The first-order chi connectivity index (χ1) is 7.40. The van der Waals surface area contributed by atoms with Crippen LogP contribution in [0.25, 0.3) is 0 Å². The number of nitrogens with one attached hydrogen (secondary N) is 1. The summed E-state index contributed by atoms with van der Waals surface area (Å²) in [4.78, 5) is 4.04. The molecule has 1 fully saturated rings. The van der Waals surface area contributed by atoms with Crippen LogP contribution in [-0.4, -0.2) is 11.0 Å². The SMILES string of the molecule is N#CC(NC1CCCC1)c1cccnc1. The van der Waals surface area contributed by atoms with E-state index < -0.39 is 0 Å². The molecule has 2 rings (SSSR count). The van der Waals surface area contributed by atoms with Crippen molar-refractivity contribution in [1.29, 1.82) is 5.26 Å². The van der Waals surface area contributed by atoms with Crippen molar-refractivity contribution < 1.29 is 0 Å². The lowest BCUT2D eigenvalue weighted by molar-refractivity contribution is 0.491. The molecule has 0 radical (unpaired) electrons. The van der Waals surface area contributed by atoms with Crippen LogP contribution in [0.2, 0.25) is 0 Å². The van der Waals surface area contributed by atoms with Gasteiger partial charge in [-0.1, -0.05) is 18.9 Å². The molecule has 1 aromatic rings. The Kier molecular flexibility index (Phi) is 3.31. The van der Waals surface area contributed by atoms with Crippen LogP contribution in [-0.2, 0) is 0 Å². The Hall–Kier alpha value is -1.40. The molecule has 0 amide bonds. The molecule has 1 aromatic heterocycles. The van der Waals surface area contributed by atoms with E-state index in [4.69, 9.17) is 5.26 Å². The molecule has 1 heterocycles. The third-order valence-corrected chi connectivity index (χ3v) is 2.90. The minimum absolute atomic E-state index is 0.207. The highest BCUT2D eigenvalue weighted by molar-refractivity contribution is 5.20. The molecule has 1 aliphatic carbocycles. The number of rotatable bonds is 3. The van der Waals surface area contributed by atoms with Crippen LogP contribution in [0.4, 0.5) is 0 Å². The Morgan fingerprint density at radius 2 is 2.27 bits per heavy atom. The highest BCUT2D eigenvalue weighted by atomic mass is 15.0. The molecule has 1 N–H and O–H groups in total. The second kappa shape index (κ2) is 4.90. The Morgan fingerprint density at radius 3 is 2.87 bits per heavy atom. The van der Waals surface area contributed by atoms with Crippen molar-refractivity contribution in [2.24, 2.45) is 0 Å². The molecule has 1 unspecified atom stereocenters. The van der Waals surface area contributed by atoms with Gasteiger partial charge in [0.1, 0.15) is 6.04 Å². The van der Waals surface area contributed by atoms with Gasteiger partial charge in [-0.05, 0) is 18.9 Å². The van der Waals surface area contributed by atoms with Crippen molar-refractivity contribution in [3.05, 3.63) is 30.1 Å². The summed E-state index contributed by atoms with van der Waals surface area (Å²) in [6.45, 7) is 0. The fourth-order valence-corrected chi connectivity index (χ4v) is 2.08. The minimum atomic E-state index is -0.207. The molecule has 15 heavy (non-hydrogen) atoms. The third kappa shape index (κ3) is 2.54. The molecule has 0 bridgehead atoms. The molecule has 0 saturated heterocycles. The van der Waals surface area contributed by atoms with E-state index in [2.05, 4.69) is 16.4 Å². The van der Waals surface area contributed by atoms with Gasteiger partial charge in [0.15, 0.2) is 0 Å². The maximum Gasteiger partial charge on any atom is 0.123 e. The molecule has 1 aliphatic rings. The molecule has 3 heteroatoms. The molecule has 1 saturated carbocycles. The van der Waals surface area contributed by atoms with Gasteiger partial charge < -0.3 is 0 Å². The van der Waals surface area contributed by atoms with Crippen molar-refractivity contribution in [3.8, 4) is 6.07 Å². The number of hydrogen-bond donors (Lipinski definition) is 1. The Balaban J connectivity index is 2.02. The zero-order valence-electron chi connectivity index (χ0n) is 8.69. The fraction of sp³-hybridized carbons (Fsp3) is 0.500. The first-order valence-corrected chi connectivity index (χ1v) is 5.46. The summed E-state index contributed by atoms with van der Waals surface area (Å²) in [7, 11) is 0. The largest absolute Gasteiger partial charge is 0.295 e. The fourth-order valence-electron chi connectivity index (χ4n) is 2.08. The quantitative estimate of drug-likeness (QED) is 0.815. The van der Waals surface area contributed by atoms with E-state index in [1.54, 1.807) is 12.4 Å². The number of nitrogens with zero attached hydrogens (tertiary/aromatic N) is 2. The predicted molar refractivity (Wildman–Crippen MR) is 58.0 cm³/mol. The maximum atomic E-state index is 9.10. The molecular formula is C12H15N3. The van der Waals surface area contributed by atoms with Crippen LogP contribution in [0.1, 0.15) is 37.3 Å². The Labute approximate surface area is 90.1 Å². The van der Waals surface area contributed by atoms with Gasteiger partial charge in [-0.25, -0.2) is 0 Å². The summed E-state index contributed by atoms with van der Waals surface area (Å²) in [5, 5.41) is 12.5. The maximum absolute atomic E-state index is 9.10. The number of pyridine rings is 1. The van der Waals surface area contributed by atoms with Gasteiger partial charge in [0, 0.05) is 24.0 Å². The molecule has 78 valence electrons. The molecule has 0 spiro atoms. The van der Waals surface area contributed by atoms with Gasteiger partial charge in [-0.15, -0.1) is 0 Å². The van der Waals surface area contributed by atoms with E-state index in [1.807, 2.05) is 12.1 Å². The predicted octanol–water partition coefficient (Wildman–Crippen LogP) is 2.18. The summed E-state index contributed by atoms with van der Waals surface area (Å²) in [5.74, 6) is 0. The van der Waals surface area contributed by atoms with E-state index in [-0.39, 0.29) is 6.04 Å². The highest BCUT2D eigenvalue weighted by Crippen LogP contribution is 2.21. The summed E-state index contributed by atoms with van der Waals surface area (Å²) in [6, 6.07) is 6.41. The summed E-state index contributed by atoms with van der Waals surface area (Å²) < 4.78 is 0. The Bertz CT molecular complexity index is 336. The van der Waals surface area contributed by atoms with Gasteiger partial charge in [0.2, 0.25) is 0 Å². The van der Waals surface area contributed by atoms with Crippen LogP contribution in [0.3, 0.4) is 0 Å². The number of nitriles is 1. The number of hydrogen-bond acceptors (Lipinski definition) is 3. The monoisotopic (exact) mass is 201 g/mol. The van der Waals surface area contributed by atoms with Crippen LogP contribution >= 0.6 is 0 Å². The van der Waals surface area contributed by atoms with Crippen LogP contribution < -0.4 is 5.32 Å². The first-order valence-electron chi connectivity index (χ1n) is 5.46. The first kappa shape index (κ1) is 10.1. The average Bonchev–Trinajstić information content (AvgIpc) is 2.80. The summed E-state index contributed by atoms with van der Waals surface area (Å²) in [5.41, 5.74) is 0.965. The van der Waals surface area contributed by atoms with Crippen molar-refractivity contribution in [1.82, 2.24) is 10.3 Å². The van der Waals surface area contributed by atoms with Gasteiger partial charge in [0.25, 0.3) is 0 Å². The van der Waals surface area contributed by atoms with Crippen molar-refractivity contribution in [3.63, 3.8) is 0 Å². The van der Waals surface area contributed by atoms with Crippen LogP contribution in [0.5, 0.6) is 0 Å². The smallest absolute Gasteiger partial charge is 0.123 e. The van der Waals surface area contributed by atoms with Crippen molar-refractivity contribution in [2.75, 3.05) is 0 Å². The van der Waals surface area contributed by atoms with Gasteiger partial charge in [0.05, 0.1) is 6.07 Å². The van der Waals surface area contributed by atoms with E-state index in [0.29, 0.717) is 6.04 Å². The Morgan fingerprint density at radius 1 is 1.47 bits per heavy atom. The highest BCUT2D eigenvalue weighted by Gasteiger charge is 2.19. The normalized spacial score (nSPS) is 18.6. The standard InChI is InChI=1S/C12H15N3/c13-8-12(10-4-3-7-14-9-10)15-11-5-1-2-6-11/h3-4,7,9,11-12,15H,1-2,5-6H2. The minimum Gasteiger partial charge on any atom is -0.295 e. The lowest BCUT2D eigenvalue weighted by Gasteiger charge is -2.16. The van der Waals surface area contributed by atoms with Crippen molar-refractivity contribution >= 4 is 0 Å². The zero-order chi connectivity index (χ0) is 10.5. The molecule has 0 aliphatic heterocycles. The van der Waals surface area contributed by atoms with Crippen LogP contribution in [0, 0.1) is 11.3 Å². The second-order valence-electron chi connectivity index (χ2n) is 4.00. The topological polar surface area (TPSA) is 48.7 Å². The van der Waals surface area contributed by atoms with E-state index >= 15 is 0 Å². The molecule has 3 nitrogen and oxygen atoms in total. The average molecular weight is 201 g/mol. The molecule has 0 aromatic carbocycles. The van der Waals surface area contributed by atoms with E-state index in [9.17, 15) is 0 Å². The van der Waals surface area contributed by atoms with Gasteiger partial charge in [-0.3, -0.25) is 10.3 Å². The lowest BCUT2D eigenvalue weighted by atomic mass is 10.1. The second-order valence-corrected chi connectivity index (χ2v) is 4.00. The van der Waals surface area contributed by atoms with E-state index in [0.717, 1.165) is 5.56 Å². The zero-order valence-corrected chi connectivity index (χ0v) is 8.69. The third-order valence-electron chi connectivity index (χ3n) is 2.90. The number of aromatic nitrogens is 1. The van der Waals surface area contributed by atoms with E-state index in [1.165, 1.54) is 25.7 Å². The molecule has 1 atom stereocenters. The lowest BCUT2D eigenvalue weighted by Crippen LogP contribution is -2.29. The van der Waals surface area contributed by atoms with Crippen molar-refractivity contribution in [2.45, 2.75) is 37.8 Å². The molecular weight excluding hydrogens is 186 g/mol. The van der Waals surface area contributed by atoms with Crippen LogP contribution in [0.15, 0.2) is 24.5 Å². The summed E-state index contributed by atoms with van der Waals surface area (Å²) >= 11 is 0. The van der Waals surface area contributed by atoms with Gasteiger partial charge in [-0.2, -0.15) is 5.26 Å². The summed E-state index contributed by atoms with van der Waals surface area (Å²) in [6.07, 6.45) is 8.44. The van der Waals surface area contributed by atoms with Gasteiger partial charge >= 0.3 is 0 Å².